The number of hydrogen-bond donors (Lipinski definition) is 3. The van der Waals surface area contributed by atoms with Crippen LogP contribution in [0.4, 0.5) is 24.8 Å². The summed E-state index contributed by atoms with van der Waals surface area (Å²) in [7, 11) is 1.50. The number of rotatable bonds is 5. The van der Waals surface area contributed by atoms with Crippen molar-refractivity contribution in [3.63, 3.8) is 0 Å². The summed E-state index contributed by atoms with van der Waals surface area (Å²) in [4.78, 5) is 16.9. The van der Waals surface area contributed by atoms with Gasteiger partial charge in [-0.1, -0.05) is 0 Å². The zero-order chi connectivity index (χ0) is 15.6. The topological polar surface area (TPSA) is 83.3 Å². The third kappa shape index (κ3) is 4.22. The molecule has 0 radical (unpaired) electrons. The van der Waals surface area contributed by atoms with E-state index in [1.54, 1.807) is 0 Å². The van der Waals surface area contributed by atoms with E-state index >= 15 is 0 Å². The van der Waals surface area contributed by atoms with Crippen molar-refractivity contribution in [3.05, 3.63) is 17.7 Å². The average molecular weight is 303 g/mol. The van der Waals surface area contributed by atoms with E-state index in [4.69, 9.17) is 5.84 Å². The van der Waals surface area contributed by atoms with Crippen LogP contribution in [0.5, 0.6) is 0 Å². The van der Waals surface area contributed by atoms with E-state index in [1.807, 2.05) is 0 Å². The highest BCUT2D eigenvalue weighted by Gasteiger charge is 2.32. The van der Waals surface area contributed by atoms with E-state index in [9.17, 15) is 18.0 Å². The molecule has 116 valence electrons. The number of nitrogens with zero attached hydrogens (tertiary/aromatic N) is 2. The van der Waals surface area contributed by atoms with Crippen molar-refractivity contribution in [3.8, 4) is 0 Å². The Morgan fingerprint density at radius 1 is 1.48 bits per heavy atom. The number of aromatic nitrogens is 1. The number of halogens is 3. The predicted octanol–water partition coefficient (Wildman–Crippen LogP) is 1.10. The third-order valence-electron chi connectivity index (χ3n) is 3.00. The Hall–Kier alpha value is -2.03. The van der Waals surface area contributed by atoms with Crippen LogP contribution >= 0.6 is 0 Å². The lowest BCUT2D eigenvalue weighted by Crippen LogP contribution is -2.36. The minimum Gasteiger partial charge on any atom is -0.352 e. The Bertz CT molecular complexity index is 530. The summed E-state index contributed by atoms with van der Waals surface area (Å²) in [6.07, 6.45) is -2.63. The van der Waals surface area contributed by atoms with Crippen molar-refractivity contribution in [2.45, 2.75) is 25.1 Å². The quantitative estimate of drug-likeness (QED) is 0.560. The lowest BCUT2D eigenvalue weighted by molar-refractivity contribution is -0.137. The van der Waals surface area contributed by atoms with E-state index in [0.29, 0.717) is 0 Å². The highest BCUT2D eigenvalue weighted by Crippen LogP contribution is 2.32. The van der Waals surface area contributed by atoms with Crippen molar-refractivity contribution in [1.29, 1.82) is 0 Å². The zero-order valence-corrected chi connectivity index (χ0v) is 11.4. The summed E-state index contributed by atoms with van der Waals surface area (Å²) in [5.74, 6) is 4.78. The number of carbonyl (C=O) groups excluding carboxylic acids is 1. The smallest absolute Gasteiger partial charge is 0.352 e. The number of anilines is 2. The Morgan fingerprint density at radius 3 is 2.67 bits per heavy atom. The van der Waals surface area contributed by atoms with Crippen molar-refractivity contribution in [2.75, 3.05) is 23.9 Å². The Balaban J connectivity index is 2.14. The summed E-state index contributed by atoms with van der Waals surface area (Å²) in [6, 6.07) is 1.88. The number of nitrogen functional groups attached to an aromatic ring is 1. The van der Waals surface area contributed by atoms with E-state index < -0.39 is 11.7 Å². The van der Waals surface area contributed by atoms with E-state index in [1.165, 1.54) is 11.9 Å². The van der Waals surface area contributed by atoms with Crippen molar-refractivity contribution in [2.24, 2.45) is 5.84 Å². The lowest BCUT2D eigenvalue weighted by atomic mass is 10.2. The molecule has 2 rings (SSSR count). The van der Waals surface area contributed by atoms with Gasteiger partial charge in [0.25, 0.3) is 0 Å². The molecular weight excluding hydrogens is 287 g/mol. The molecule has 0 saturated heterocycles. The molecule has 1 aliphatic carbocycles. The fourth-order valence-corrected chi connectivity index (χ4v) is 1.75. The maximum atomic E-state index is 12.8. The SMILES string of the molecule is CN(CC(=O)NC1CC1)c1cc(C(F)(F)F)cc(NN)n1. The van der Waals surface area contributed by atoms with Gasteiger partial charge in [-0.2, -0.15) is 13.2 Å². The predicted molar refractivity (Wildman–Crippen MR) is 71.5 cm³/mol. The molecule has 0 aromatic carbocycles. The highest BCUT2D eigenvalue weighted by molar-refractivity contribution is 5.81. The van der Waals surface area contributed by atoms with Gasteiger partial charge in [0.15, 0.2) is 0 Å². The van der Waals surface area contributed by atoms with Crippen LogP contribution in [0.25, 0.3) is 0 Å². The van der Waals surface area contributed by atoms with Gasteiger partial charge in [0.05, 0.1) is 12.1 Å². The first-order chi connectivity index (χ1) is 9.79. The number of likely N-dealkylation sites (N-methyl/N-ethyl adjacent to an activating group) is 1. The van der Waals surface area contributed by atoms with Gasteiger partial charge in [-0.05, 0) is 25.0 Å². The molecule has 1 heterocycles. The van der Waals surface area contributed by atoms with Crippen LogP contribution in [-0.2, 0) is 11.0 Å². The normalized spacial score (nSPS) is 14.7. The van der Waals surface area contributed by atoms with Gasteiger partial charge in [-0.25, -0.2) is 10.8 Å². The van der Waals surface area contributed by atoms with Crippen LogP contribution in [0.2, 0.25) is 0 Å². The summed E-state index contributed by atoms with van der Waals surface area (Å²) < 4.78 is 38.4. The van der Waals surface area contributed by atoms with Crippen LogP contribution in [0, 0.1) is 0 Å². The van der Waals surface area contributed by atoms with Gasteiger partial charge in [0, 0.05) is 13.1 Å². The molecule has 0 bridgehead atoms. The first-order valence-corrected chi connectivity index (χ1v) is 6.36. The van der Waals surface area contributed by atoms with Crippen molar-refractivity contribution >= 4 is 17.5 Å². The molecule has 1 amide bonds. The van der Waals surface area contributed by atoms with Gasteiger partial charge in [0.1, 0.15) is 11.6 Å². The number of amides is 1. The molecule has 0 unspecified atom stereocenters. The standard InChI is InChI=1S/C12H16F3N5O/c1-20(6-11(21)17-8-2-3-8)10-5-7(12(13,14)15)4-9(18-10)19-16/h4-5,8H,2-3,6,16H2,1H3,(H,17,21)(H,18,19). The molecule has 0 spiro atoms. The Morgan fingerprint density at radius 2 is 2.14 bits per heavy atom. The number of nitrogens with one attached hydrogen (secondary N) is 2. The molecule has 0 aliphatic heterocycles. The Kier molecular flexibility index (Phi) is 4.21. The third-order valence-corrected chi connectivity index (χ3v) is 3.00. The van der Waals surface area contributed by atoms with E-state index in [2.05, 4.69) is 15.7 Å². The minimum atomic E-state index is -4.51. The van der Waals surface area contributed by atoms with E-state index in [-0.39, 0.29) is 30.1 Å². The molecule has 21 heavy (non-hydrogen) atoms. The molecule has 9 heteroatoms. The molecule has 1 fully saturated rings. The van der Waals surface area contributed by atoms with Crippen LogP contribution < -0.4 is 21.5 Å². The first kappa shape index (κ1) is 15.4. The number of carbonyl (C=O) groups is 1. The van der Waals surface area contributed by atoms with Crippen LogP contribution in [0.15, 0.2) is 12.1 Å². The van der Waals surface area contributed by atoms with Gasteiger partial charge < -0.3 is 15.6 Å². The molecule has 4 N–H and O–H groups in total. The molecule has 6 nitrogen and oxygen atoms in total. The molecule has 1 aromatic heterocycles. The van der Waals surface area contributed by atoms with Gasteiger partial charge in [0.2, 0.25) is 5.91 Å². The number of nitrogens with two attached hydrogens (primary N) is 1. The van der Waals surface area contributed by atoms with Crippen molar-refractivity contribution < 1.29 is 18.0 Å². The average Bonchev–Trinajstić information content (AvgIpc) is 3.20. The number of hydrogen-bond acceptors (Lipinski definition) is 5. The first-order valence-electron chi connectivity index (χ1n) is 6.36. The summed E-state index contributed by atoms with van der Waals surface area (Å²) in [6.45, 7) is -0.0746. The van der Waals surface area contributed by atoms with Crippen LogP contribution in [0.3, 0.4) is 0 Å². The Labute approximate surface area is 119 Å². The number of pyridine rings is 1. The highest BCUT2D eigenvalue weighted by atomic mass is 19.4. The maximum absolute atomic E-state index is 12.8. The van der Waals surface area contributed by atoms with E-state index in [0.717, 1.165) is 25.0 Å². The molecule has 1 aromatic rings. The second kappa shape index (κ2) is 5.76. The number of hydrazine groups is 1. The summed E-state index contributed by atoms with van der Waals surface area (Å²) in [5.41, 5.74) is 1.21. The largest absolute Gasteiger partial charge is 0.416 e. The van der Waals surface area contributed by atoms with Crippen LogP contribution in [-0.4, -0.2) is 30.5 Å². The molecule has 1 saturated carbocycles. The number of alkyl halides is 3. The fraction of sp³-hybridized carbons (Fsp3) is 0.500. The van der Waals surface area contributed by atoms with Crippen molar-refractivity contribution in [1.82, 2.24) is 10.3 Å². The maximum Gasteiger partial charge on any atom is 0.416 e. The second-order valence-corrected chi connectivity index (χ2v) is 4.94. The second-order valence-electron chi connectivity index (χ2n) is 4.94. The molecule has 1 aliphatic rings. The minimum absolute atomic E-state index is 0.0173. The molecular formula is C12H16F3N5O. The van der Waals surface area contributed by atoms with Gasteiger partial charge in [-0.3, -0.25) is 4.79 Å². The summed E-state index contributed by atoms with van der Waals surface area (Å²) in [5, 5.41) is 2.76. The van der Waals surface area contributed by atoms with Gasteiger partial charge in [-0.15, -0.1) is 0 Å². The van der Waals surface area contributed by atoms with Crippen LogP contribution in [0.1, 0.15) is 18.4 Å². The van der Waals surface area contributed by atoms with Gasteiger partial charge >= 0.3 is 6.18 Å². The fourth-order valence-electron chi connectivity index (χ4n) is 1.75. The lowest BCUT2D eigenvalue weighted by Gasteiger charge is -2.20. The zero-order valence-electron chi connectivity index (χ0n) is 11.4. The monoisotopic (exact) mass is 303 g/mol. The molecule has 0 atom stereocenters. The summed E-state index contributed by atoms with van der Waals surface area (Å²) >= 11 is 0.